The molecule has 2 heteroatoms. The van der Waals surface area contributed by atoms with E-state index in [0.29, 0.717) is 17.9 Å². The Kier molecular flexibility index (Phi) is 5.49. The molecular formula is C20H28F2. The van der Waals surface area contributed by atoms with Crippen LogP contribution in [0.2, 0.25) is 0 Å². The molecule has 0 radical (unpaired) electrons. The minimum Gasteiger partial charge on any atom is -0.204 e. The first-order chi connectivity index (χ1) is 10.7. The van der Waals surface area contributed by atoms with Crippen LogP contribution in [0.15, 0.2) is 18.2 Å². The lowest BCUT2D eigenvalue weighted by Crippen LogP contribution is -2.23. The maximum atomic E-state index is 13.7. The predicted octanol–water partition coefficient (Wildman–Crippen LogP) is 6.28. The predicted molar refractivity (Wildman–Crippen MR) is 86.7 cm³/mol. The molecule has 0 heterocycles. The van der Waals surface area contributed by atoms with Crippen molar-refractivity contribution in [1.29, 1.82) is 0 Å². The van der Waals surface area contributed by atoms with E-state index in [0.717, 1.165) is 18.3 Å². The van der Waals surface area contributed by atoms with E-state index in [-0.39, 0.29) is 0 Å². The number of aryl methyl sites for hydroxylation is 1. The van der Waals surface area contributed by atoms with Crippen molar-refractivity contribution in [1.82, 2.24) is 0 Å². The van der Waals surface area contributed by atoms with Gasteiger partial charge in [-0.05, 0) is 55.1 Å². The fourth-order valence-corrected chi connectivity index (χ4v) is 4.66. The summed E-state index contributed by atoms with van der Waals surface area (Å²) < 4.78 is 26.9. The van der Waals surface area contributed by atoms with Crippen molar-refractivity contribution in [3.05, 3.63) is 35.4 Å². The van der Waals surface area contributed by atoms with E-state index in [1.807, 2.05) is 0 Å². The van der Waals surface area contributed by atoms with E-state index in [4.69, 9.17) is 0 Å². The van der Waals surface area contributed by atoms with Gasteiger partial charge in [0, 0.05) is 0 Å². The minimum atomic E-state index is -0.710. The maximum absolute atomic E-state index is 13.7. The van der Waals surface area contributed by atoms with E-state index in [1.54, 1.807) is 12.1 Å². The van der Waals surface area contributed by atoms with Gasteiger partial charge in [0.1, 0.15) is 0 Å². The molecule has 0 N–H and O–H groups in total. The molecule has 0 nitrogen and oxygen atoms in total. The third-order valence-electron chi connectivity index (χ3n) is 6.06. The number of rotatable bonds is 4. The quantitative estimate of drug-likeness (QED) is 0.613. The summed E-state index contributed by atoms with van der Waals surface area (Å²) in [7, 11) is 0. The first-order valence-corrected chi connectivity index (χ1v) is 9.17. The molecule has 1 aromatic rings. The highest BCUT2D eigenvalue weighted by atomic mass is 19.2. The van der Waals surface area contributed by atoms with Crippen molar-refractivity contribution in [2.45, 2.75) is 70.6 Å². The van der Waals surface area contributed by atoms with Crippen LogP contribution in [0.5, 0.6) is 0 Å². The SMILES string of the molecule is Fc1cccc(CCC2CCC(C3CCCCC3)CC2)c1F. The van der Waals surface area contributed by atoms with Gasteiger partial charge in [-0.3, -0.25) is 0 Å². The molecule has 0 aliphatic heterocycles. The summed E-state index contributed by atoms with van der Waals surface area (Å²) in [6, 6.07) is 4.55. The van der Waals surface area contributed by atoms with Crippen molar-refractivity contribution < 1.29 is 8.78 Å². The van der Waals surface area contributed by atoms with Crippen LogP contribution in [-0.4, -0.2) is 0 Å². The van der Waals surface area contributed by atoms with Gasteiger partial charge in [0.15, 0.2) is 11.6 Å². The Bertz CT molecular complexity index is 469. The second-order valence-electron chi connectivity index (χ2n) is 7.43. The highest BCUT2D eigenvalue weighted by molar-refractivity contribution is 5.19. The first kappa shape index (κ1) is 16.0. The highest BCUT2D eigenvalue weighted by Crippen LogP contribution is 2.40. The molecule has 3 rings (SSSR count). The summed E-state index contributed by atoms with van der Waals surface area (Å²) in [5.41, 5.74) is 0.550. The maximum Gasteiger partial charge on any atom is 0.162 e. The zero-order valence-electron chi connectivity index (χ0n) is 13.5. The Labute approximate surface area is 133 Å². The van der Waals surface area contributed by atoms with Gasteiger partial charge in [0.25, 0.3) is 0 Å². The van der Waals surface area contributed by atoms with E-state index < -0.39 is 11.6 Å². The standard InChI is InChI=1S/C20H28F2/c21-19-8-4-7-18(20(19)22)14-11-15-9-12-17(13-10-15)16-5-2-1-3-6-16/h4,7-8,15-17H,1-3,5-6,9-14H2. The lowest BCUT2D eigenvalue weighted by Gasteiger charge is -2.36. The van der Waals surface area contributed by atoms with E-state index in [1.165, 1.54) is 63.9 Å². The smallest absolute Gasteiger partial charge is 0.162 e. The van der Waals surface area contributed by atoms with Gasteiger partial charge < -0.3 is 0 Å². The highest BCUT2D eigenvalue weighted by Gasteiger charge is 2.28. The lowest BCUT2D eigenvalue weighted by atomic mass is 9.70. The molecule has 1 aromatic carbocycles. The summed E-state index contributed by atoms with van der Waals surface area (Å²) in [5, 5.41) is 0. The Morgan fingerprint density at radius 1 is 0.818 bits per heavy atom. The van der Waals surface area contributed by atoms with Crippen LogP contribution in [0.25, 0.3) is 0 Å². The molecule has 0 aromatic heterocycles. The van der Waals surface area contributed by atoms with Gasteiger partial charge >= 0.3 is 0 Å². The van der Waals surface area contributed by atoms with Crippen LogP contribution < -0.4 is 0 Å². The molecule has 122 valence electrons. The summed E-state index contributed by atoms with van der Waals surface area (Å²) in [6.07, 6.45) is 14.2. The lowest BCUT2D eigenvalue weighted by molar-refractivity contribution is 0.163. The largest absolute Gasteiger partial charge is 0.204 e. The fraction of sp³-hybridized carbons (Fsp3) is 0.700. The Hall–Kier alpha value is -0.920. The topological polar surface area (TPSA) is 0 Å². The summed E-state index contributed by atoms with van der Waals surface area (Å²) in [5.74, 6) is 1.29. The molecule has 2 aliphatic rings. The van der Waals surface area contributed by atoms with Crippen LogP contribution in [0.3, 0.4) is 0 Å². The van der Waals surface area contributed by atoms with Gasteiger partial charge in [-0.2, -0.15) is 0 Å². The number of hydrogen-bond donors (Lipinski definition) is 0. The molecule has 2 fully saturated rings. The average molecular weight is 306 g/mol. The van der Waals surface area contributed by atoms with Gasteiger partial charge in [-0.1, -0.05) is 57.1 Å². The monoisotopic (exact) mass is 306 g/mol. The van der Waals surface area contributed by atoms with Crippen molar-refractivity contribution in [3.8, 4) is 0 Å². The van der Waals surface area contributed by atoms with E-state index in [9.17, 15) is 8.78 Å². The van der Waals surface area contributed by atoms with E-state index in [2.05, 4.69) is 0 Å². The Morgan fingerprint density at radius 2 is 1.50 bits per heavy atom. The van der Waals surface area contributed by atoms with Gasteiger partial charge in [0.2, 0.25) is 0 Å². The molecule has 0 bridgehead atoms. The van der Waals surface area contributed by atoms with Crippen LogP contribution in [0.1, 0.15) is 69.8 Å². The summed E-state index contributed by atoms with van der Waals surface area (Å²) in [6.45, 7) is 0. The third kappa shape index (κ3) is 3.88. The van der Waals surface area contributed by atoms with Crippen molar-refractivity contribution in [2.24, 2.45) is 17.8 Å². The fourth-order valence-electron chi connectivity index (χ4n) is 4.66. The van der Waals surface area contributed by atoms with Crippen LogP contribution in [0.4, 0.5) is 8.78 Å². The molecule has 0 amide bonds. The van der Waals surface area contributed by atoms with Crippen LogP contribution in [-0.2, 0) is 6.42 Å². The molecule has 2 aliphatic carbocycles. The van der Waals surface area contributed by atoms with Gasteiger partial charge in [-0.15, -0.1) is 0 Å². The average Bonchev–Trinajstić information content (AvgIpc) is 2.57. The zero-order chi connectivity index (χ0) is 15.4. The Balaban J connectivity index is 1.45. The zero-order valence-corrected chi connectivity index (χ0v) is 13.5. The third-order valence-corrected chi connectivity index (χ3v) is 6.06. The summed E-state index contributed by atoms with van der Waals surface area (Å²) >= 11 is 0. The van der Waals surface area contributed by atoms with Crippen molar-refractivity contribution >= 4 is 0 Å². The van der Waals surface area contributed by atoms with Crippen LogP contribution >= 0.6 is 0 Å². The van der Waals surface area contributed by atoms with Crippen molar-refractivity contribution in [2.75, 3.05) is 0 Å². The molecule has 0 saturated heterocycles. The second kappa shape index (κ2) is 7.57. The molecule has 0 atom stereocenters. The summed E-state index contributed by atoms with van der Waals surface area (Å²) in [4.78, 5) is 0. The normalized spacial score (nSPS) is 27.0. The van der Waals surface area contributed by atoms with Crippen molar-refractivity contribution in [3.63, 3.8) is 0 Å². The molecule has 22 heavy (non-hydrogen) atoms. The van der Waals surface area contributed by atoms with E-state index >= 15 is 0 Å². The molecular weight excluding hydrogens is 278 g/mol. The first-order valence-electron chi connectivity index (χ1n) is 9.17. The number of benzene rings is 1. The molecule has 2 saturated carbocycles. The second-order valence-corrected chi connectivity index (χ2v) is 7.43. The molecule has 0 unspecified atom stereocenters. The molecule has 0 spiro atoms. The minimum absolute atomic E-state index is 0.550. The van der Waals surface area contributed by atoms with Crippen LogP contribution in [0, 0.1) is 29.4 Å². The number of halogens is 2. The Morgan fingerprint density at radius 3 is 2.23 bits per heavy atom. The number of hydrogen-bond acceptors (Lipinski definition) is 0. The van der Waals surface area contributed by atoms with Gasteiger partial charge in [-0.25, -0.2) is 8.78 Å². The van der Waals surface area contributed by atoms with Gasteiger partial charge in [0.05, 0.1) is 0 Å².